The molecule has 29 heavy (non-hydrogen) atoms. The van der Waals surface area contributed by atoms with Gasteiger partial charge in [0, 0.05) is 19.1 Å². The third kappa shape index (κ3) is 8.52. The lowest BCUT2D eigenvalue weighted by Gasteiger charge is -2.34. The summed E-state index contributed by atoms with van der Waals surface area (Å²) in [7, 11) is 0. The first-order valence-electron chi connectivity index (χ1n) is 10.4. The van der Waals surface area contributed by atoms with E-state index in [0.29, 0.717) is 28.2 Å². The van der Waals surface area contributed by atoms with Crippen molar-refractivity contribution in [2.24, 2.45) is 5.92 Å². The van der Waals surface area contributed by atoms with Crippen LogP contribution in [0.5, 0.6) is 0 Å². The molecule has 0 aromatic carbocycles. The van der Waals surface area contributed by atoms with Gasteiger partial charge in [-0.15, -0.1) is 11.3 Å². The van der Waals surface area contributed by atoms with Crippen molar-refractivity contribution in [1.82, 2.24) is 15.5 Å². The van der Waals surface area contributed by atoms with Gasteiger partial charge in [-0.05, 0) is 77.6 Å². The average Bonchev–Trinajstić information content (AvgIpc) is 3.07. The van der Waals surface area contributed by atoms with E-state index in [-0.39, 0.29) is 18.0 Å². The summed E-state index contributed by atoms with van der Waals surface area (Å²) in [5.74, 6) is 0.419. The SMILES string of the molecule is CCNCC[C@H](CC1CCN(C(=O)OC(C)(C)C)CC1)NC(=O)c1ccc(Cl)s1. The van der Waals surface area contributed by atoms with Gasteiger partial charge in [0.25, 0.3) is 5.91 Å². The van der Waals surface area contributed by atoms with Crippen molar-refractivity contribution in [2.75, 3.05) is 26.2 Å². The van der Waals surface area contributed by atoms with Crippen molar-refractivity contribution in [1.29, 1.82) is 0 Å². The van der Waals surface area contributed by atoms with E-state index in [1.165, 1.54) is 11.3 Å². The minimum Gasteiger partial charge on any atom is -0.444 e. The van der Waals surface area contributed by atoms with Gasteiger partial charge in [0.2, 0.25) is 0 Å². The van der Waals surface area contributed by atoms with Gasteiger partial charge in [0.05, 0.1) is 9.21 Å². The zero-order valence-electron chi connectivity index (χ0n) is 17.9. The molecule has 1 aliphatic heterocycles. The van der Waals surface area contributed by atoms with Crippen molar-refractivity contribution < 1.29 is 14.3 Å². The molecule has 0 aliphatic carbocycles. The number of rotatable bonds is 8. The van der Waals surface area contributed by atoms with Gasteiger partial charge in [-0.3, -0.25) is 4.79 Å². The van der Waals surface area contributed by atoms with Crippen molar-refractivity contribution >= 4 is 34.9 Å². The van der Waals surface area contributed by atoms with Gasteiger partial charge in [-0.1, -0.05) is 18.5 Å². The molecular formula is C21H34ClN3O3S. The lowest BCUT2D eigenvalue weighted by molar-refractivity contribution is 0.0178. The van der Waals surface area contributed by atoms with Crippen LogP contribution in [0.4, 0.5) is 4.79 Å². The molecule has 0 saturated carbocycles. The Hall–Kier alpha value is -1.31. The molecule has 1 fully saturated rings. The molecule has 2 N–H and O–H groups in total. The van der Waals surface area contributed by atoms with E-state index in [0.717, 1.165) is 38.8 Å². The number of carbonyl (C=O) groups is 2. The zero-order chi connectivity index (χ0) is 21.4. The molecule has 2 heterocycles. The Kier molecular flexibility index (Phi) is 9.24. The topological polar surface area (TPSA) is 70.7 Å². The standard InChI is InChI=1S/C21H34ClN3O3S/c1-5-23-11-8-16(24-19(26)17-6-7-18(22)29-17)14-15-9-12-25(13-10-15)20(27)28-21(2,3)4/h6-7,15-16,23H,5,8-14H2,1-4H3,(H,24,26)/t16-/m1/s1. The quantitative estimate of drug-likeness (QED) is 0.579. The molecule has 0 radical (unpaired) electrons. The zero-order valence-corrected chi connectivity index (χ0v) is 19.5. The Morgan fingerprint density at radius 3 is 2.55 bits per heavy atom. The summed E-state index contributed by atoms with van der Waals surface area (Å²) in [6.45, 7) is 10.9. The van der Waals surface area contributed by atoms with Gasteiger partial charge >= 0.3 is 6.09 Å². The number of piperidine rings is 1. The highest BCUT2D eigenvalue weighted by Crippen LogP contribution is 2.25. The van der Waals surface area contributed by atoms with Gasteiger partial charge in [-0.25, -0.2) is 4.79 Å². The first kappa shape index (κ1) is 24.0. The fourth-order valence-electron chi connectivity index (χ4n) is 3.47. The van der Waals surface area contributed by atoms with Crippen LogP contribution in [0, 0.1) is 5.92 Å². The monoisotopic (exact) mass is 443 g/mol. The second-order valence-corrected chi connectivity index (χ2v) is 10.3. The molecule has 0 bridgehead atoms. The van der Waals surface area contributed by atoms with Crippen LogP contribution in [0.25, 0.3) is 0 Å². The lowest BCUT2D eigenvalue weighted by Crippen LogP contribution is -2.43. The van der Waals surface area contributed by atoms with Gasteiger partial charge in [0.1, 0.15) is 5.60 Å². The lowest BCUT2D eigenvalue weighted by atomic mass is 9.89. The van der Waals surface area contributed by atoms with Crippen LogP contribution >= 0.6 is 22.9 Å². The van der Waals surface area contributed by atoms with Crippen LogP contribution in [0.3, 0.4) is 0 Å². The summed E-state index contributed by atoms with van der Waals surface area (Å²) in [6.07, 6.45) is 3.42. The molecule has 0 unspecified atom stereocenters. The van der Waals surface area contributed by atoms with E-state index in [2.05, 4.69) is 17.6 Å². The van der Waals surface area contributed by atoms with Crippen LogP contribution in [0.15, 0.2) is 12.1 Å². The molecule has 1 saturated heterocycles. The summed E-state index contributed by atoms with van der Waals surface area (Å²) < 4.78 is 6.09. The molecule has 0 spiro atoms. The molecule has 1 aliphatic rings. The molecule has 164 valence electrons. The molecule has 2 amide bonds. The van der Waals surface area contributed by atoms with E-state index in [4.69, 9.17) is 16.3 Å². The van der Waals surface area contributed by atoms with Crippen LogP contribution in [-0.2, 0) is 4.74 Å². The number of hydrogen-bond acceptors (Lipinski definition) is 5. The number of carbonyl (C=O) groups excluding carboxylic acids is 2. The van der Waals surface area contributed by atoms with E-state index >= 15 is 0 Å². The fourth-order valence-corrected chi connectivity index (χ4v) is 4.42. The minimum absolute atomic E-state index is 0.0606. The van der Waals surface area contributed by atoms with Crippen molar-refractivity contribution in [2.45, 2.75) is 65.0 Å². The minimum atomic E-state index is -0.472. The van der Waals surface area contributed by atoms with Crippen molar-refractivity contribution in [3.63, 3.8) is 0 Å². The van der Waals surface area contributed by atoms with Gasteiger partial charge < -0.3 is 20.3 Å². The molecule has 1 aromatic heterocycles. The molecule has 1 aromatic rings. The van der Waals surface area contributed by atoms with Crippen LogP contribution < -0.4 is 10.6 Å². The van der Waals surface area contributed by atoms with E-state index in [9.17, 15) is 9.59 Å². The highest BCUT2D eigenvalue weighted by molar-refractivity contribution is 7.18. The number of nitrogens with one attached hydrogen (secondary N) is 2. The number of amides is 2. The Morgan fingerprint density at radius 1 is 1.31 bits per heavy atom. The Balaban J connectivity index is 1.87. The maximum absolute atomic E-state index is 12.6. The Labute approximate surface area is 183 Å². The second-order valence-electron chi connectivity index (χ2n) is 8.56. The summed E-state index contributed by atoms with van der Waals surface area (Å²) in [5, 5.41) is 6.52. The highest BCUT2D eigenvalue weighted by Gasteiger charge is 2.28. The first-order chi connectivity index (χ1) is 13.7. The summed E-state index contributed by atoms with van der Waals surface area (Å²) in [4.78, 5) is 27.3. The second kappa shape index (κ2) is 11.2. The third-order valence-corrected chi connectivity index (χ3v) is 6.17. The predicted molar refractivity (Wildman–Crippen MR) is 119 cm³/mol. The molecule has 6 nitrogen and oxygen atoms in total. The van der Waals surface area contributed by atoms with E-state index in [1.807, 2.05) is 20.8 Å². The molecule has 2 rings (SSSR count). The van der Waals surface area contributed by atoms with Crippen LogP contribution in [0.2, 0.25) is 4.34 Å². The molecule has 8 heteroatoms. The molecular weight excluding hydrogens is 410 g/mol. The number of likely N-dealkylation sites (tertiary alicyclic amines) is 1. The third-order valence-electron chi connectivity index (χ3n) is 4.94. The Bertz CT molecular complexity index is 666. The number of hydrogen-bond donors (Lipinski definition) is 2. The normalized spacial score (nSPS) is 16.5. The van der Waals surface area contributed by atoms with Gasteiger partial charge in [0.15, 0.2) is 0 Å². The van der Waals surface area contributed by atoms with Crippen molar-refractivity contribution in [3.8, 4) is 0 Å². The average molecular weight is 444 g/mol. The number of thiophene rings is 1. The van der Waals surface area contributed by atoms with Gasteiger partial charge in [-0.2, -0.15) is 0 Å². The fraction of sp³-hybridized carbons (Fsp3) is 0.714. The largest absolute Gasteiger partial charge is 0.444 e. The van der Waals surface area contributed by atoms with Crippen LogP contribution in [0.1, 0.15) is 63.0 Å². The van der Waals surface area contributed by atoms with Crippen molar-refractivity contribution in [3.05, 3.63) is 21.3 Å². The van der Waals surface area contributed by atoms with E-state index < -0.39 is 5.60 Å². The molecule has 1 atom stereocenters. The van der Waals surface area contributed by atoms with Crippen LogP contribution in [-0.4, -0.2) is 54.7 Å². The number of ether oxygens (including phenoxy) is 1. The summed E-state index contributed by atoms with van der Waals surface area (Å²) in [5.41, 5.74) is -0.472. The van der Waals surface area contributed by atoms with E-state index in [1.54, 1.807) is 17.0 Å². The number of halogens is 1. The smallest absolute Gasteiger partial charge is 0.410 e. The first-order valence-corrected chi connectivity index (χ1v) is 11.6. The number of nitrogens with zero attached hydrogens (tertiary/aromatic N) is 1. The Morgan fingerprint density at radius 2 is 2.00 bits per heavy atom. The summed E-state index contributed by atoms with van der Waals surface area (Å²) >= 11 is 7.26. The maximum atomic E-state index is 12.6. The maximum Gasteiger partial charge on any atom is 0.410 e. The predicted octanol–water partition coefficient (Wildman–Crippen LogP) is 4.54. The summed E-state index contributed by atoms with van der Waals surface area (Å²) in [6, 6.07) is 3.62. The highest BCUT2D eigenvalue weighted by atomic mass is 35.5.